The fraction of sp³-hybridized carbons (Fsp3) is 0.250. The molecule has 0 aliphatic heterocycles. The third kappa shape index (κ3) is 4.03. The molecule has 3 N–H and O–H groups in total. The average molecular weight is 286 g/mol. The molecule has 0 aliphatic carbocycles. The molecular weight excluding hydrogens is 268 g/mol. The smallest absolute Gasteiger partial charge is 0.341 e. The number of nitrogens with two attached hydrogens (primary N) is 1. The highest BCUT2D eigenvalue weighted by Crippen LogP contribution is 2.20. The van der Waals surface area contributed by atoms with Crippen LogP contribution in [0.3, 0.4) is 0 Å². The predicted molar refractivity (Wildman–Crippen MR) is 79.5 cm³/mol. The molecule has 1 aromatic carbocycles. The van der Waals surface area contributed by atoms with Crippen LogP contribution in [-0.4, -0.2) is 28.7 Å². The van der Waals surface area contributed by atoms with Crippen molar-refractivity contribution in [1.29, 1.82) is 0 Å². The number of pyridine rings is 1. The van der Waals surface area contributed by atoms with E-state index in [0.717, 1.165) is 5.56 Å². The number of rotatable bonds is 6. The summed E-state index contributed by atoms with van der Waals surface area (Å²) in [6.45, 7) is 1.89. The molecule has 1 unspecified atom stereocenters. The van der Waals surface area contributed by atoms with Crippen LogP contribution >= 0.6 is 0 Å². The van der Waals surface area contributed by atoms with Crippen LogP contribution in [-0.2, 0) is 6.42 Å². The highest BCUT2D eigenvalue weighted by molar-refractivity contribution is 5.91. The minimum Gasteiger partial charge on any atom is -0.491 e. The molecule has 0 amide bonds. The zero-order chi connectivity index (χ0) is 15.2. The Bertz CT molecular complexity index is 614. The first-order chi connectivity index (χ1) is 10.1. The van der Waals surface area contributed by atoms with Gasteiger partial charge in [0.05, 0.1) is 5.69 Å². The summed E-state index contributed by atoms with van der Waals surface area (Å²) in [6, 6.07) is 11.2. The van der Waals surface area contributed by atoms with Gasteiger partial charge in [-0.2, -0.15) is 0 Å². The first-order valence-corrected chi connectivity index (χ1v) is 6.69. The average Bonchev–Trinajstić information content (AvgIpc) is 2.45. The molecule has 110 valence electrons. The van der Waals surface area contributed by atoms with Crippen LogP contribution in [0.15, 0.2) is 42.6 Å². The van der Waals surface area contributed by atoms with Gasteiger partial charge in [0.25, 0.3) is 0 Å². The van der Waals surface area contributed by atoms with E-state index in [1.54, 1.807) is 13.0 Å². The number of aromatic nitrogens is 1. The van der Waals surface area contributed by atoms with Gasteiger partial charge < -0.3 is 15.6 Å². The Morgan fingerprint density at radius 3 is 2.71 bits per heavy atom. The second-order valence-corrected chi connectivity index (χ2v) is 4.84. The zero-order valence-corrected chi connectivity index (χ0v) is 11.8. The summed E-state index contributed by atoms with van der Waals surface area (Å²) in [7, 11) is 0. The van der Waals surface area contributed by atoms with Gasteiger partial charge in [0, 0.05) is 12.2 Å². The normalized spacial score (nSPS) is 11.9. The highest BCUT2D eigenvalue weighted by Gasteiger charge is 2.16. The van der Waals surface area contributed by atoms with Crippen molar-refractivity contribution in [3.05, 3.63) is 59.4 Å². The molecule has 0 saturated heterocycles. The SMILES string of the molecule is Cc1nccc(OCC(N)Cc2ccccc2)c1C(=O)O. The molecule has 5 nitrogen and oxygen atoms in total. The largest absolute Gasteiger partial charge is 0.491 e. The molecule has 5 heteroatoms. The summed E-state index contributed by atoms with van der Waals surface area (Å²) in [6.07, 6.45) is 2.20. The number of carboxylic acids is 1. The molecule has 0 spiro atoms. The van der Waals surface area contributed by atoms with Gasteiger partial charge in [-0.25, -0.2) is 4.79 Å². The van der Waals surface area contributed by atoms with Crippen molar-refractivity contribution in [3.8, 4) is 5.75 Å². The lowest BCUT2D eigenvalue weighted by Crippen LogP contribution is -2.30. The lowest BCUT2D eigenvalue weighted by Gasteiger charge is -2.15. The van der Waals surface area contributed by atoms with E-state index in [1.165, 1.54) is 6.20 Å². The first kappa shape index (κ1) is 15.0. The number of nitrogens with zero attached hydrogens (tertiary/aromatic N) is 1. The minimum atomic E-state index is -1.05. The summed E-state index contributed by atoms with van der Waals surface area (Å²) in [5.41, 5.74) is 7.67. The Hall–Kier alpha value is -2.40. The summed E-state index contributed by atoms with van der Waals surface area (Å²) >= 11 is 0. The molecule has 0 saturated carbocycles. The van der Waals surface area contributed by atoms with Crippen molar-refractivity contribution in [2.45, 2.75) is 19.4 Å². The van der Waals surface area contributed by atoms with Crippen LogP contribution in [0.1, 0.15) is 21.6 Å². The second kappa shape index (κ2) is 6.85. The third-order valence-corrected chi connectivity index (χ3v) is 3.11. The molecule has 0 radical (unpaired) electrons. The summed E-state index contributed by atoms with van der Waals surface area (Å²) < 4.78 is 5.57. The maximum absolute atomic E-state index is 11.2. The van der Waals surface area contributed by atoms with E-state index in [9.17, 15) is 9.90 Å². The van der Waals surface area contributed by atoms with Crippen LogP contribution in [0.4, 0.5) is 0 Å². The number of benzene rings is 1. The molecule has 1 heterocycles. The van der Waals surface area contributed by atoms with Gasteiger partial charge in [0.2, 0.25) is 0 Å². The number of aryl methyl sites for hydroxylation is 1. The number of hydrogen-bond donors (Lipinski definition) is 2. The predicted octanol–water partition coefficient (Wildman–Crippen LogP) is 2.04. The van der Waals surface area contributed by atoms with E-state index in [1.807, 2.05) is 30.3 Å². The topological polar surface area (TPSA) is 85.4 Å². The van der Waals surface area contributed by atoms with Crippen LogP contribution in [0, 0.1) is 6.92 Å². The van der Waals surface area contributed by atoms with Gasteiger partial charge in [-0.05, 0) is 25.0 Å². The molecule has 0 bridgehead atoms. The van der Waals surface area contributed by atoms with Crippen LogP contribution in [0.25, 0.3) is 0 Å². The molecule has 21 heavy (non-hydrogen) atoms. The minimum absolute atomic E-state index is 0.0874. The van der Waals surface area contributed by atoms with Gasteiger partial charge in [-0.3, -0.25) is 4.98 Å². The molecule has 1 atom stereocenters. The van der Waals surface area contributed by atoms with E-state index in [4.69, 9.17) is 10.5 Å². The Kier molecular flexibility index (Phi) is 4.90. The van der Waals surface area contributed by atoms with E-state index in [2.05, 4.69) is 4.98 Å². The summed E-state index contributed by atoms with van der Waals surface area (Å²) in [5, 5.41) is 9.20. The lowest BCUT2D eigenvalue weighted by molar-refractivity contribution is 0.0690. The van der Waals surface area contributed by atoms with E-state index < -0.39 is 5.97 Å². The fourth-order valence-corrected chi connectivity index (χ4v) is 2.10. The van der Waals surface area contributed by atoms with Gasteiger partial charge in [0.1, 0.15) is 17.9 Å². The van der Waals surface area contributed by atoms with Gasteiger partial charge in [0.15, 0.2) is 0 Å². The Morgan fingerprint density at radius 2 is 2.05 bits per heavy atom. The Morgan fingerprint density at radius 1 is 1.33 bits per heavy atom. The maximum atomic E-state index is 11.2. The Labute approximate surface area is 123 Å². The van der Waals surface area contributed by atoms with Gasteiger partial charge in [-0.15, -0.1) is 0 Å². The van der Waals surface area contributed by atoms with Crippen molar-refractivity contribution in [1.82, 2.24) is 4.98 Å². The van der Waals surface area contributed by atoms with E-state index >= 15 is 0 Å². The molecule has 1 aromatic heterocycles. The molecule has 0 fully saturated rings. The molecule has 0 aliphatic rings. The van der Waals surface area contributed by atoms with Crippen molar-refractivity contribution in [3.63, 3.8) is 0 Å². The van der Waals surface area contributed by atoms with E-state index in [-0.39, 0.29) is 18.2 Å². The van der Waals surface area contributed by atoms with E-state index in [0.29, 0.717) is 17.9 Å². The number of hydrogen-bond acceptors (Lipinski definition) is 4. The second-order valence-electron chi connectivity index (χ2n) is 4.84. The fourth-order valence-electron chi connectivity index (χ4n) is 2.10. The van der Waals surface area contributed by atoms with Crippen molar-refractivity contribution < 1.29 is 14.6 Å². The van der Waals surface area contributed by atoms with Gasteiger partial charge >= 0.3 is 5.97 Å². The lowest BCUT2D eigenvalue weighted by atomic mass is 10.1. The first-order valence-electron chi connectivity index (χ1n) is 6.69. The van der Waals surface area contributed by atoms with Gasteiger partial charge in [-0.1, -0.05) is 30.3 Å². The summed E-state index contributed by atoms with van der Waals surface area (Å²) in [4.78, 5) is 15.2. The van der Waals surface area contributed by atoms with Crippen molar-refractivity contribution in [2.24, 2.45) is 5.73 Å². The number of carboxylic acid groups (broad SMARTS) is 1. The molecular formula is C16H18N2O3. The maximum Gasteiger partial charge on any atom is 0.341 e. The molecule has 2 aromatic rings. The highest BCUT2D eigenvalue weighted by atomic mass is 16.5. The number of ether oxygens (including phenoxy) is 1. The summed E-state index contributed by atoms with van der Waals surface area (Å²) in [5.74, 6) is -0.745. The van der Waals surface area contributed by atoms with Crippen LogP contribution in [0.2, 0.25) is 0 Å². The zero-order valence-electron chi connectivity index (χ0n) is 11.8. The third-order valence-electron chi connectivity index (χ3n) is 3.11. The van der Waals surface area contributed by atoms with Crippen molar-refractivity contribution in [2.75, 3.05) is 6.61 Å². The molecule has 2 rings (SSSR count). The quantitative estimate of drug-likeness (QED) is 0.848. The number of aromatic carboxylic acids is 1. The van der Waals surface area contributed by atoms with Crippen LogP contribution < -0.4 is 10.5 Å². The standard InChI is InChI=1S/C16H18N2O3/c1-11-15(16(19)20)14(7-8-18-11)21-10-13(17)9-12-5-3-2-4-6-12/h2-8,13H,9-10,17H2,1H3,(H,19,20). The van der Waals surface area contributed by atoms with Crippen molar-refractivity contribution >= 4 is 5.97 Å². The van der Waals surface area contributed by atoms with Crippen LogP contribution in [0.5, 0.6) is 5.75 Å². The Balaban J connectivity index is 2.00. The number of carbonyl (C=O) groups is 1. The monoisotopic (exact) mass is 286 g/mol.